The molecule has 2 atom stereocenters. The molecule has 2 amide bonds. The van der Waals surface area contributed by atoms with Crippen LogP contribution in [0.5, 0.6) is 0 Å². The van der Waals surface area contributed by atoms with Crippen molar-refractivity contribution in [3.8, 4) is 0 Å². The molecular formula is C19H27N3O3. The molecule has 6 heteroatoms. The van der Waals surface area contributed by atoms with Crippen molar-refractivity contribution >= 4 is 11.7 Å². The molecule has 2 aliphatic rings. The second-order valence-electron chi connectivity index (χ2n) is 7.49. The minimum absolute atomic E-state index is 0.117. The van der Waals surface area contributed by atoms with Crippen LogP contribution in [0.25, 0.3) is 0 Å². The zero-order valence-electron chi connectivity index (χ0n) is 15.2. The normalized spacial score (nSPS) is 25.0. The van der Waals surface area contributed by atoms with E-state index in [4.69, 9.17) is 9.57 Å². The first-order chi connectivity index (χ1) is 11.9. The van der Waals surface area contributed by atoms with Crippen LogP contribution in [-0.4, -0.2) is 42.6 Å². The third-order valence-electron chi connectivity index (χ3n) is 4.64. The summed E-state index contributed by atoms with van der Waals surface area (Å²) < 4.78 is 5.67. The van der Waals surface area contributed by atoms with Gasteiger partial charge in [0, 0.05) is 19.1 Å². The van der Waals surface area contributed by atoms with Gasteiger partial charge in [-0.3, -0.25) is 0 Å². The standard InChI is InChI=1S/C19H27N3O3/c1-13-4-6-14(7-5-13)17-10-16(25-22-17)12-20-18(23)21-15-8-9-24-19(2,3)11-15/h4-7,15-16H,8-12H2,1-3H3,(H2,20,21,23)/t15-,16+/m1/s1. The van der Waals surface area contributed by atoms with Gasteiger partial charge in [0.2, 0.25) is 0 Å². The van der Waals surface area contributed by atoms with E-state index < -0.39 is 0 Å². The number of amides is 2. The van der Waals surface area contributed by atoms with Crippen LogP contribution in [-0.2, 0) is 9.57 Å². The van der Waals surface area contributed by atoms with E-state index in [2.05, 4.69) is 48.7 Å². The number of carbonyl (C=O) groups is 1. The van der Waals surface area contributed by atoms with Gasteiger partial charge in [0.15, 0.2) is 6.10 Å². The number of hydrogen-bond donors (Lipinski definition) is 2. The zero-order chi connectivity index (χ0) is 17.9. The molecule has 1 fully saturated rings. The number of nitrogens with one attached hydrogen (secondary N) is 2. The first-order valence-electron chi connectivity index (χ1n) is 8.89. The molecule has 0 aliphatic carbocycles. The van der Waals surface area contributed by atoms with Crippen LogP contribution in [0.3, 0.4) is 0 Å². The number of ether oxygens (including phenoxy) is 1. The van der Waals surface area contributed by atoms with Gasteiger partial charge in [-0.05, 0) is 39.2 Å². The fourth-order valence-electron chi connectivity index (χ4n) is 3.25. The maximum Gasteiger partial charge on any atom is 0.315 e. The zero-order valence-corrected chi connectivity index (χ0v) is 15.2. The van der Waals surface area contributed by atoms with E-state index in [1.165, 1.54) is 5.56 Å². The Kier molecular flexibility index (Phi) is 5.27. The van der Waals surface area contributed by atoms with Gasteiger partial charge in [-0.25, -0.2) is 4.79 Å². The van der Waals surface area contributed by atoms with Gasteiger partial charge in [-0.2, -0.15) is 0 Å². The molecule has 0 aromatic heterocycles. The van der Waals surface area contributed by atoms with Crippen LogP contribution in [0.2, 0.25) is 0 Å². The number of aryl methyl sites for hydroxylation is 1. The SMILES string of the molecule is Cc1ccc(C2=NO[C@H](CNC(=O)N[C@@H]3CCOC(C)(C)C3)C2)cc1. The molecule has 0 bridgehead atoms. The summed E-state index contributed by atoms with van der Waals surface area (Å²) >= 11 is 0. The molecular weight excluding hydrogens is 318 g/mol. The maximum atomic E-state index is 12.1. The van der Waals surface area contributed by atoms with Crippen molar-refractivity contribution in [1.29, 1.82) is 0 Å². The largest absolute Gasteiger partial charge is 0.390 e. The maximum absolute atomic E-state index is 12.1. The number of rotatable bonds is 4. The summed E-state index contributed by atoms with van der Waals surface area (Å²) in [7, 11) is 0. The summed E-state index contributed by atoms with van der Waals surface area (Å²) in [4.78, 5) is 17.6. The van der Waals surface area contributed by atoms with Crippen molar-refractivity contribution in [3.05, 3.63) is 35.4 Å². The predicted octanol–water partition coefficient (Wildman–Crippen LogP) is 2.74. The van der Waals surface area contributed by atoms with Gasteiger partial charge in [-0.1, -0.05) is 35.0 Å². The fraction of sp³-hybridized carbons (Fsp3) is 0.579. The molecule has 2 N–H and O–H groups in total. The van der Waals surface area contributed by atoms with E-state index in [-0.39, 0.29) is 23.8 Å². The smallest absolute Gasteiger partial charge is 0.315 e. The summed E-state index contributed by atoms with van der Waals surface area (Å²) in [5, 5.41) is 10.1. The third-order valence-corrected chi connectivity index (χ3v) is 4.64. The molecule has 2 heterocycles. The van der Waals surface area contributed by atoms with Gasteiger partial charge < -0.3 is 20.2 Å². The second kappa shape index (κ2) is 7.44. The van der Waals surface area contributed by atoms with Crippen molar-refractivity contribution in [1.82, 2.24) is 10.6 Å². The van der Waals surface area contributed by atoms with E-state index in [1.54, 1.807) is 0 Å². The van der Waals surface area contributed by atoms with Gasteiger partial charge in [0.05, 0.1) is 17.9 Å². The summed E-state index contributed by atoms with van der Waals surface area (Å²) in [6.45, 7) is 7.28. The van der Waals surface area contributed by atoms with Crippen molar-refractivity contribution < 1.29 is 14.4 Å². The Bertz CT molecular complexity index is 640. The molecule has 2 aliphatic heterocycles. The lowest BCUT2D eigenvalue weighted by atomic mass is 9.94. The topological polar surface area (TPSA) is 72.0 Å². The molecule has 136 valence electrons. The monoisotopic (exact) mass is 345 g/mol. The summed E-state index contributed by atoms with van der Waals surface area (Å²) in [6, 6.07) is 8.21. The molecule has 1 aromatic carbocycles. The number of oxime groups is 1. The number of carbonyl (C=O) groups excluding carboxylic acids is 1. The molecule has 3 rings (SSSR count). The Hall–Kier alpha value is -2.08. The Morgan fingerprint density at radius 3 is 2.80 bits per heavy atom. The lowest BCUT2D eigenvalue weighted by Crippen LogP contribution is -2.49. The number of hydrogen-bond acceptors (Lipinski definition) is 4. The highest BCUT2D eigenvalue weighted by molar-refractivity contribution is 6.01. The first-order valence-corrected chi connectivity index (χ1v) is 8.89. The van der Waals surface area contributed by atoms with Gasteiger partial charge in [0.25, 0.3) is 0 Å². The average molecular weight is 345 g/mol. The summed E-state index contributed by atoms with van der Waals surface area (Å²) in [5.41, 5.74) is 3.04. The van der Waals surface area contributed by atoms with E-state index in [0.717, 1.165) is 24.1 Å². The van der Waals surface area contributed by atoms with E-state index >= 15 is 0 Å². The predicted molar refractivity (Wildman–Crippen MR) is 96.8 cm³/mol. The quantitative estimate of drug-likeness (QED) is 0.881. The first kappa shape index (κ1) is 17.7. The number of benzene rings is 1. The Morgan fingerprint density at radius 1 is 1.32 bits per heavy atom. The van der Waals surface area contributed by atoms with Gasteiger partial charge in [0.1, 0.15) is 0 Å². The Balaban J connectivity index is 1.41. The van der Waals surface area contributed by atoms with Crippen LogP contribution >= 0.6 is 0 Å². The third kappa shape index (κ3) is 4.95. The Labute approximate surface area is 149 Å². The molecule has 25 heavy (non-hydrogen) atoms. The number of nitrogens with zero attached hydrogens (tertiary/aromatic N) is 1. The molecule has 1 saturated heterocycles. The summed E-state index contributed by atoms with van der Waals surface area (Å²) in [5.74, 6) is 0. The number of urea groups is 1. The van der Waals surface area contributed by atoms with Gasteiger partial charge in [-0.15, -0.1) is 0 Å². The lowest BCUT2D eigenvalue weighted by molar-refractivity contribution is -0.0611. The molecule has 1 aromatic rings. The minimum Gasteiger partial charge on any atom is -0.390 e. The van der Waals surface area contributed by atoms with Crippen molar-refractivity contribution in [3.63, 3.8) is 0 Å². The molecule has 0 saturated carbocycles. The van der Waals surface area contributed by atoms with E-state index in [0.29, 0.717) is 19.6 Å². The molecule has 0 radical (unpaired) electrons. The summed E-state index contributed by atoms with van der Waals surface area (Å²) in [6.07, 6.45) is 2.25. The highest BCUT2D eigenvalue weighted by atomic mass is 16.6. The highest BCUT2D eigenvalue weighted by Gasteiger charge is 2.30. The molecule has 0 spiro atoms. The highest BCUT2D eigenvalue weighted by Crippen LogP contribution is 2.23. The van der Waals surface area contributed by atoms with Crippen molar-refractivity contribution in [2.24, 2.45) is 5.16 Å². The molecule has 6 nitrogen and oxygen atoms in total. The second-order valence-corrected chi connectivity index (χ2v) is 7.49. The van der Waals surface area contributed by atoms with Gasteiger partial charge >= 0.3 is 6.03 Å². The van der Waals surface area contributed by atoms with Crippen molar-refractivity contribution in [2.75, 3.05) is 13.2 Å². The van der Waals surface area contributed by atoms with Crippen LogP contribution in [0.4, 0.5) is 4.79 Å². The average Bonchev–Trinajstić information content (AvgIpc) is 3.02. The van der Waals surface area contributed by atoms with Crippen LogP contribution in [0, 0.1) is 6.92 Å². The fourth-order valence-corrected chi connectivity index (χ4v) is 3.25. The molecule has 0 unspecified atom stereocenters. The van der Waals surface area contributed by atoms with Crippen LogP contribution < -0.4 is 10.6 Å². The van der Waals surface area contributed by atoms with E-state index in [9.17, 15) is 4.79 Å². The van der Waals surface area contributed by atoms with Crippen molar-refractivity contribution in [2.45, 2.75) is 57.8 Å². The lowest BCUT2D eigenvalue weighted by Gasteiger charge is -2.35. The van der Waals surface area contributed by atoms with Crippen LogP contribution in [0.1, 0.15) is 44.2 Å². The van der Waals surface area contributed by atoms with E-state index in [1.807, 2.05) is 12.1 Å². The minimum atomic E-state index is -0.179. The Morgan fingerprint density at radius 2 is 2.08 bits per heavy atom. The van der Waals surface area contributed by atoms with Crippen LogP contribution in [0.15, 0.2) is 29.4 Å².